The average molecular weight is 467 g/mol. The van der Waals surface area contributed by atoms with E-state index in [1.54, 1.807) is 42.5 Å². The lowest BCUT2D eigenvalue weighted by Crippen LogP contribution is -2.48. The molecule has 0 saturated carbocycles. The van der Waals surface area contributed by atoms with Crippen molar-refractivity contribution in [3.8, 4) is 11.5 Å². The van der Waals surface area contributed by atoms with Gasteiger partial charge in [0.25, 0.3) is 0 Å². The number of hydrogen-bond acceptors (Lipinski definition) is 7. The van der Waals surface area contributed by atoms with E-state index in [0.717, 1.165) is 5.56 Å². The monoisotopic (exact) mass is 466 g/mol. The second kappa shape index (κ2) is 10.7. The van der Waals surface area contributed by atoms with Crippen molar-refractivity contribution < 1.29 is 28.6 Å². The number of Topliss-reactive ketones (excluding diaryl/α,β-unsaturated/α-hetero) is 1. The molecule has 2 aliphatic rings. The summed E-state index contributed by atoms with van der Waals surface area (Å²) < 4.78 is 15.8. The van der Waals surface area contributed by atoms with E-state index in [4.69, 9.17) is 14.2 Å². The molecule has 1 fully saturated rings. The first-order valence-electron chi connectivity index (χ1n) is 11.6. The van der Waals surface area contributed by atoms with Gasteiger partial charge in [-0.15, -0.1) is 0 Å². The first-order chi connectivity index (χ1) is 16.5. The highest BCUT2D eigenvalue weighted by molar-refractivity contribution is 5.98. The van der Waals surface area contributed by atoms with Gasteiger partial charge in [-0.2, -0.15) is 0 Å². The lowest BCUT2D eigenvalue weighted by Gasteiger charge is -2.34. The molecule has 2 aromatic rings. The largest absolute Gasteiger partial charge is 0.486 e. The molecule has 8 heteroatoms. The lowest BCUT2D eigenvalue weighted by molar-refractivity contribution is -0.126. The van der Waals surface area contributed by atoms with Gasteiger partial charge in [-0.25, -0.2) is 4.79 Å². The Morgan fingerprint density at radius 2 is 1.65 bits per heavy atom. The molecular weight excluding hydrogens is 436 g/mol. The zero-order chi connectivity index (χ0) is 24.1. The highest BCUT2D eigenvalue weighted by Crippen LogP contribution is 2.32. The SMILES string of the molecule is COC(=O)c1ccc(CNC(=O)C(C)N2CCC(C(=O)c3ccc4c(c3)OCCO4)CC2)cc1. The van der Waals surface area contributed by atoms with Crippen LogP contribution in [0.1, 0.15) is 46.0 Å². The summed E-state index contributed by atoms with van der Waals surface area (Å²) in [7, 11) is 1.34. The summed E-state index contributed by atoms with van der Waals surface area (Å²) in [6, 6.07) is 12.0. The molecule has 2 aromatic carbocycles. The molecule has 1 saturated heterocycles. The van der Waals surface area contributed by atoms with E-state index in [1.165, 1.54) is 7.11 Å². The van der Waals surface area contributed by atoms with E-state index in [9.17, 15) is 14.4 Å². The van der Waals surface area contributed by atoms with Crippen molar-refractivity contribution in [2.45, 2.75) is 32.4 Å². The van der Waals surface area contributed by atoms with E-state index >= 15 is 0 Å². The Balaban J connectivity index is 1.26. The lowest BCUT2D eigenvalue weighted by atomic mass is 9.88. The fourth-order valence-electron chi connectivity index (χ4n) is 4.36. The number of fused-ring (bicyclic) bond motifs is 1. The number of rotatable bonds is 7. The predicted octanol–water partition coefficient (Wildman–Crippen LogP) is 2.84. The number of nitrogens with zero attached hydrogens (tertiary/aromatic N) is 1. The molecule has 2 heterocycles. The molecule has 1 N–H and O–H groups in total. The van der Waals surface area contributed by atoms with Gasteiger partial charge in [-0.3, -0.25) is 14.5 Å². The van der Waals surface area contributed by atoms with Crippen molar-refractivity contribution in [1.82, 2.24) is 10.2 Å². The first-order valence-corrected chi connectivity index (χ1v) is 11.6. The molecule has 8 nitrogen and oxygen atoms in total. The number of carbonyl (C=O) groups is 3. The van der Waals surface area contributed by atoms with Crippen LogP contribution in [0, 0.1) is 5.92 Å². The third-order valence-corrected chi connectivity index (χ3v) is 6.50. The standard InChI is InChI=1S/C26H30N2O6/c1-17(25(30)27-16-18-3-5-20(6-4-18)26(31)32-2)28-11-9-19(10-12-28)24(29)21-7-8-22-23(15-21)34-14-13-33-22/h3-8,15,17,19H,9-14,16H2,1-2H3,(H,27,30). The quantitative estimate of drug-likeness (QED) is 0.495. The summed E-state index contributed by atoms with van der Waals surface area (Å²) in [6.07, 6.45) is 1.42. The Hall–Kier alpha value is -3.39. The highest BCUT2D eigenvalue weighted by Gasteiger charge is 2.30. The summed E-state index contributed by atoms with van der Waals surface area (Å²) in [4.78, 5) is 39.4. The molecule has 1 unspecified atom stereocenters. The van der Waals surface area contributed by atoms with E-state index in [-0.39, 0.29) is 29.6 Å². The van der Waals surface area contributed by atoms with Crippen molar-refractivity contribution in [3.63, 3.8) is 0 Å². The number of carbonyl (C=O) groups excluding carboxylic acids is 3. The summed E-state index contributed by atoms with van der Waals surface area (Å²) in [6.45, 7) is 4.64. The van der Waals surface area contributed by atoms with Gasteiger partial charge in [-0.05, 0) is 68.8 Å². The summed E-state index contributed by atoms with van der Waals surface area (Å²) in [5.41, 5.74) is 2.02. The van der Waals surface area contributed by atoms with E-state index in [2.05, 4.69) is 10.2 Å². The Bertz CT molecular complexity index is 1040. The van der Waals surface area contributed by atoms with Gasteiger partial charge in [0.2, 0.25) is 5.91 Å². The Labute approximate surface area is 199 Å². The molecule has 0 bridgehead atoms. The van der Waals surface area contributed by atoms with Gasteiger partial charge in [0.1, 0.15) is 13.2 Å². The minimum absolute atomic E-state index is 0.0614. The van der Waals surface area contributed by atoms with Crippen molar-refractivity contribution in [2.75, 3.05) is 33.4 Å². The number of nitrogens with one attached hydrogen (secondary N) is 1. The minimum atomic E-state index is -0.389. The molecule has 1 amide bonds. The van der Waals surface area contributed by atoms with Crippen LogP contribution >= 0.6 is 0 Å². The maximum atomic E-state index is 13.0. The Morgan fingerprint density at radius 3 is 2.32 bits per heavy atom. The highest BCUT2D eigenvalue weighted by atomic mass is 16.6. The molecule has 0 radical (unpaired) electrons. The third-order valence-electron chi connectivity index (χ3n) is 6.50. The molecule has 0 aromatic heterocycles. The van der Waals surface area contributed by atoms with E-state index in [0.29, 0.717) is 68.3 Å². The van der Waals surface area contributed by atoms with Crippen molar-refractivity contribution >= 4 is 17.7 Å². The molecule has 180 valence electrons. The minimum Gasteiger partial charge on any atom is -0.486 e. The predicted molar refractivity (Wildman–Crippen MR) is 125 cm³/mol. The Morgan fingerprint density at radius 1 is 1.00 bits per heavy atom. The van der Waals surface area contributed by atoms with Crippen LogP contribution in [-0.2, 0) is 16.1 Å². The van der Waals surface area contributed by atoms with Gasteiger partial charge < -0.3 is 19.5 Å². The average Bonchev–Trinajstić information content (AvgIpc) is 2.90. The van der Waals surface area contributed by atoms with Crippen LogP contribution in [-0.4, -0.2) is 62.0 Å². The number of piperidine rings is 1. The Kier molecular flexibility index (Phi) is 7.47. The second-order valence-corrected chi connectivity index (χ2v) is 8.62. The third kappa shape index (κ3) is 5.39. The van der Waals surface area contributed by atoms with Crippen molar-refractivity contribution in [1.29, 1.82) is 0 Å². The van der Waals surface area contributed by atoms with E-state index < -0.39 is 0 Å². The normalized spacial score (nSPS) is 17.0. The smallest absolute Gasteiger partial charge is 0.337 e. The number of ether oxygens (including phenoxy) is 3. The summed E-state index contributed by atoms with van der Waals surface area (Å²) in [5.74, 6) is 0.900. The van der Waals surface area contributed by atoms with Crippen LogP contribution < -0.4 is 14.8 Å². The van der Waals surface area contributed by atoms with Gasteiger partial charge in [0.15, 0.2) is 17.3 Å². The first kappa shape index (κ1) is 23.8. The van der Waals surface area contributed by atoms with Gasteiger partial charge in [-0.1, -0.05) is 12.1 Å². The van der Waals surface area contributed by atoms with Crippen LogP contribution in [0.5, 0.6) is 11.5 Å². The van der Waals surface area contributed by atoms with Gasteiger partial charge in [0.05, 0.1) is 18.7 Å². The van der Waals surface area contributed by atoms with Crippen LogP contribution in [0.2, 0.25) is 0 Å². The van der Waals surface area contributed by atoms with Crippen LogP contribution in [0.15, 0.2) is 42.5 Å². The topological polar surface area (TPSA) is 94.2 Å². The summed E-state index contributed by atoms with van der Waals surface area (Å²) in [5, 5.41) is 2.96. The molecule has 1 atom stereocenters. The number of amides is 1. The summed E-state index contributed by atoms with van der Waals surface area (Å²) >= 11 is 0. The number of esters is 1. The number of likely N-dealkylation sites (tertiary alicyclic amines) is 1. The maximum Gasteiger partial charge on any atom is 0.337 e. The number of ketones is 1. The zero-order valence-electron chi connectivity index (χ0n) is 19.5. The number of benzene rings is 2. The number of hydrogen-bond donors (Lipinski definition) is 1. The molecule has 2 aliphatic heterocycles. The number of methoxy groups -OCH3 is 1. The molecule has 34 heavy (non-hydrogen) atoms. The van der Waals surface area contributed by atoms with E-state index in [1.807, 2.05) is 6.92 Å². The fourth-order valence-corrected chi connectivity index (χ4v) is 4.36. The maximum absolute atomic E-state index is 13.0. The fraction of sp³-hybridized carbons (Fsp3) is 0.423. The molecule has 4 rings (SSSR count). The van der Waals surface area contributed by atoms with Crippen molar-refractivity contribution in [3.05, 3.63) is 59.2 Å². The van der Waals surface area contributed by atoms with Crippen molar-refractivity contribution in [2.24, 2.45) is 5.92 Å². The van der Waals surface area contributed by atoms with Crippen LogP contribution in [0.25, 0.3) is 0 Å². The molecular formula is C26H30N2O6. The van der Waals surface area contributed by atoms with Crippen LogP contribution in [0.4, 0.5) is 0 Å². The molecule has 0 aliphatic carbocycles. The van der Waals surface area contributed by atoms with Gasteiger partial charge in [0, 0.05) is 18.0 Å². The van der Waals surface area contributed by atoms with Gasteiger partial charge >= 0.3 is 5.97 Å². The zero-order valence-corrected chi connectivity index (χ0v) is 19.5. The molecule has 0 spiro atoms. The second-order valence-electron chi connectivity index (χ2n) is 8.62. The van der Waals surface area contributed by atoms with Crippen LogP contribution in [0.3, 0.4) is 0 Å².